The van der Waals surface area contributed by atoms with Crippen LogP contribution in [0.2, 0.25) is 0 Å². The number of nitro benzene ring substituents is 1. The highest BCUT2D eigenvalue weighted by Gasteiger charge is 2.28. The maximum Gasteiger partial charge on any atom is 0.311 e. The van der Waals surface area contributed by atoms with Gasteiger partial charge in [0.1, 0.15) is 5.54 Å². The van der Waals surface area contributed by atoms with Crippen LogP contribution in [-0.4, -0.2) is 23.5 Å². The quantitative estimate of drug-likeness (QED) is 0.654. The van der Waals surface area contributed by atoms with E-state index >= 15 is 0 Å². The lowest BCUT2D eigenvalue weighted by Crippen LogP contribution is -2.44. The van der Waals surface area contributed by atoms with Crippen LogP contribution in [0.15, 0.2) is 18.2 Å². The van der Waals surface area contributed by atoms with Gasteiger partial charge in [0.05, 0.1) is 23.7 Å². The van der Waals surface area contributed by atoms with Crippen molar-refractivity contribution in [2.24, 2.45) is 0 Å². The molecular formula is C13H15N3O4. The van der Waals surface area contributed by atoms with Gasteiger partial charge in [-0.15, -0.1) is 0 Å². The zero-order valence-electron chi connectivity index (χ0n) is 11.5. The Labute approximate surface area is 116 Å². The average molecular weight is 277 g/mol. The predicted molar refractivity (Wildman–Crippen MR) is 71.4 cm³/mol. The summed E-state index contributed by atoms with van der Waals surface area (Å²) in [5, 5.41) is 22.5. The normalized spacial score (nSPS) is 12.9. The molecule has 7 heteroatoms. The first-order valence-corrected chi connectivity index (χ1v) is 5.93. The molecule has 0 aliphatic carbocycles. The average Bonchev–Trinajstić information content (AvgIpc) is 2.45. The Morgan fingerprint density at radius 2 is 2.25 bits per heavy atom. The van der Waals surface area contributed by atoms with E-state index in [1.165, 1.54) is 25.3 Å². The lowest BCUT2D eigenvalue weighted by molar-refractivity contribution is -0.385. The van der Waals surface area contributed by atoms with Crippen LogP contribution in [0, 0.1) is 21.4 Å². The van der Waals surface area contributed by atoms with Gasteiger partial charge in [-0.25, -0.2) is 0 Å². The number of amides is 1. The Hall–Kier alpha value is -2.62. The highest BCUT2D eigenvalue weighted by Crippen LogP contribution is 2.30. The fraction of sp³-hybridized carbons (Fsp3) is 0.385. The van der Waals surface area contributed by atoms with Crippen LogP contribution in [0.5, 0.6) is 5.75 Å². The Bertz CT molecular complexity index is 579. The molecule has 106 valence electrons. The Balaban J connectivity index is 3.21. The van der Waals surface area contributed by atoms with Crippen molar-refractivity contribution >= 4 is 11.6 Å². The van der Waals surface area contributed by atoms with Crippen molar-refractivity contribution in [3.63, 3.8) is 0 Å². The monoisotopic (exact) mass is 277 g/mol. The molecule has 1 amide bonds. The molecule has 0 spiro atoms. The summed E-state index contributed by atoms with van der Waals surface area (Å²) < 4.78 is 4.96. The largest absolute Gasteiger partial charge is 0.490 e. The molecule has 0 saturated heterocycles. The van der Waals surface area contributed by atoms with Crippen molar-refractivity contribution in [1.29, 1.82) is 5.26 Å². The Kier molecular flexibility index (Phi) is 4.64. The van der Waals surface area contributed by atoms with Crippen molar-refractivity contribution in [2.75, 3.05) is 7.11 Å². The summed E-state index contributed by atoms with van der Waals surface area (Å²) in [4.78, 5) is 22.4. The maximum atomic E-state index is 12.2. The summed E-state index contributed by atoms with van der Waals surface area (Å²) in [5.41, 5.74) is -1.31. The van der Waals surface area contributed by atoms with Gasteiger partial charge in [-0.3, -0.25) is 14.9 Å². The second kappa shape index (κ2) is 6.02. The Morgan fingerprint density at radius 1 is 1.60 bits per heavy atom. The summed E-state index contributed by atoms with van der Waals surface area (Å²) in [6, 6.07) is 6.05. The van der Waals surface area contributed by atoms with E-state index in [2.05, 4.69) is 5.32 Å². The van der Waals surface area contributed by atoms with Crippen molar-refractivity contribution in [3.8, 4) is 11.8 Å². The molecule has 0 aromatic heterocycles. The molecule has 1 aromatic rings. The molecule has 1 atom stereocenters. The van der Waals surface area contributed by atoms with Gasteiger partial charge in [-0.1, -0.05) is 13.0 Å². The van der Waals surface area contributed by atoms with Gasteiger partial charge < -0.3 is 10.1 Å². The third kappa shape index (κ3) is 3.03. The van der Waals surface area contributed by atoms with Gasteiger partial charge in [-0.2, -0.15) is 5.26 Å². The van der Waals surface area contributed by atoms with Crippen LogP contribution in [0.4, 0.5) is 5.69 Å². The number of nitro groups is 1. The lowest BCUT2D eigenvalue weighted by Gasteiger charge is -2.21. The first-order valence-electron chi connectivity index (χ1n) is 5.93. The number of nitrogens with one attached hydrogen (secondary N) is 1. The summed E-state index contributed by atoms with van der Waals surface area (Å²) in [6.07, 6.45) is 0.409. The van der Waals surface area contributed by atoms with Crippen LogP contribution in [-0.2, 0) is 0 Å². The smallest absolute Gasteiger partial charge is 0.311 e. The second-order valence-corrected chi connectivity index (χ2v) is 4.37. The first-order chi connectivity index (χ1) is 9.38. The molecule has 0 fully saturated rings. The highest BCUT2D eigenvalue weighted by atomic mass is 16.6. The minimum Gasteiger partial charge on any atom is -0.490 e. The molecule has 1 unspecified atom stereocenters. The Morgan fingerprint density at radius 3 is 2.70 bits per heavy atom. The summed E-state index contributed by atoms with van der Waals surface area (Å²) >= 11 is 0. The number of carbonyl (C=O) groups is 1. The minimum atomic E-state index is -1.04. The van der Waals surface area contributed by atoms with Gasteiger partial charge >= 0.3 is 5.69 Å². The van der Waals surface area contributed by atoms with Crippen molar-refractivity contribution in [3.05, 3.63) is 33.9 Å². The first kappa shape index (κ1) is 15.4. The second-order valence-electron chi connectivity index (χ2n) is 4.37. The topological polar surface area (TPSA) is 105 Å². The van der Waals surface area contributed by atoms with Crippen molar-refractivity contribution in [2.45, 2.75) is 25.8 Å². The number of carbonyl (C=O) groups excluding carboxylic acids is 1. The standard InChI is InChI=1S/C13H15N3O4/c1-4-13(2,8-14)15-12(17)9-6-5-7-10(16(18)19)11(9)20-3/h5-7H,4H2,1-3H3,(H,15,17). The van der Waals surface area contributed by atoms with E-state index < -0.39 is 16.4 Å². The van der Waals surface area contributed by atoms with E-state index in [-0.39, 0.29) is 17.0 Å². The molecule has 1 N–H and O–H groups in total. The molecule has 0 aliphatic heterocycles. The zero-order valence-corrected chi connectivity index (χ0v) is 11.5. The number of para-hydroxylation sites is 1. The summed E-state index contributed by atoms with van der Waals surface area (Å²) in [5.74, 6) is -0.706. The molecule has 0 aliphatic rings. The summed E-state index contributed by atoms with van der Waals surface area (Å²) in [6.45, 7) is 3.34. The number of nitriles is 1. The van der Waals surface area contributed by atoms with Gasteiger partial charge in [-0.05, 0) is 19.4 Å². The third-order valence-electron chi connectivity index (χ3n) is 2.98. The van der Waals surface area contributed by atoms with E-state index in [0.29, 0.717) is 6.42 Å². The summed E-state index contributed by atoms with van der Waals surface area (Å²) in [7, 11) is 1.25. The number of methoxy groups -OCH3 is 1. The zero-order chi connectivity index (χ0) is 15.3. The molecular weight excluding hydrogens is 262 g/mol. The van der Waals surface area contributed by atoms with Gasteiger partial charge in [0, 0.05) is 6.07 Å². The molecule has 0 heterocycles. The predicted octanol–water partition coefficient (Wildman–Crippen LogP) is 2.03. The van der Waals surface area contributed by atoms with Crippen molar-refractivity contribution < 1.29 is 14.5 Å². The van der Waals surface area contributed by atoms with Crippen LogP contribution >= 0.6 is 0 Å². The number of nitrogens with zero attached hydrogens (tertiary/aromatic N) is 2. The SMILES string of the molecule is CCC(C)(C#N)NC(=O)c1cccc([N+](=O)[O-])c1OC. The molecule has 7 nitrogen and oxygen atoms in total. The lowest BCUT2D eigenvalue weighted by atomic mass is 10.00. The molecule has 1 rings (SSSR count). The fourth-order valence-corrected chi connectivity index (χ4v) is 1.58. The van der Waals surface area contributed by atoms with E-state index in [4.69, 9.17) is 10.00 Å². The van der Waals surface area contributed by atoms with Crippen LogP contribution in [0.1, 0.15) is 30.6 Å². The number of ether oxygens (including phenoxy) is 1. The van der Waals surface area contributed by atoms with Crippen LogP contribution in [0.25, 0.3) is 0 Å². The van der Waals surface area contributed by atoms with Crippen LogP contribution < -0.4 is 10.1 Å². The molecule has 20 heavy (non-hydrogen) atoms. The van der Waals surface area contributed by atoms with Gasteiger partial charge in [0.15, 0.2) is 0 Å². The van der Waals surface area contributed by atoms with E-state index in [9.17, 15) is 14.9 Å². The number of rotatable bonds is 5. The third-order valence-corrected chi connectivity index (χ3v) is 2.98. The van der Waals surface area contributed by atoms with Crippen LogP contribution in [0.3, 0.4) is 0 Å². The van der Waals surface area contributed by atoms with E-state index in [1.807, 2.05) is 6.07 Å². The van der Waals surface area contributed by atoms with E-state index in [1.54, 1.807) is 13.8 Å². The fourth-order valence-electron chi connectivity index (χ4n) is 1.58. The minimum absolute atomic E-state index is 0.0247. The van der Waals surface area contributed by atoms with Gasteiger partial charge in [0.2, 0.25) is 5.75 Å². The number of benzene rings is 1. The molecule has 0 radical (unpaired) electrons. The van der Waals surface area contributed by atoms with E-state index in [0.717, 1.165) is 0 Å². The maximum absolute atomic E-state index is 12.2. The number of hydrogen-bond acceptors (Lipinski definition) is 5. The van der Waals surface area contributed by atoms with Gasteiger partial charge in [0.25, 0.3) is 5.91 Å². The molecule has 0 bridgehead atoms. The van der Waals surface area contributed by atoms with Crippen molar-refractivity contribution in [1.82, 2.24) is 5.32 Å². The molecule has 0 saturated carbocycles. The highest BCUT2D eigenvalue weighted by molar-refractivity contribution is 5.98. The number of hydrogen-bond donors (Lipinski definition) is 1. The molecule has 1 aromatic carbocycles.